The number of unbranched alkanes of at least 4 members (excludes halogenated alkanes) is 13. The molecule has 0 spiro atoms. The Morgan fingerprint density at radius 3 is 1.81 bits per heavy atom. The summed E-state index contributed by atoms with van der Waals surface area (Å²) in [6, 6.07) is 0. The van der Waals surface area contributed by atoms with Crippen molar-refractivity contribution >= 4 is 19.8 Å². The van der Waals surface area contributed by atoms with Gasteiger partial charge in [0.15, 0.2) is 6.10 Å². The molecule has 1 N–H and O–H groups in total. The van der Waals surface area contributed by atoms with Gasteiger partial charge in [-0.2, -0.15) is 0 Å². The topological polar surface area (TPSA) is 108 Å². The maximum Gasteiger partial charge on any atom is 0.472 e. The zero-order valence-corrected chi connectivity index (χ0v) is 34.8. The van der Waals surface area contributed by atoms with Crippen molar-refractivity contribution in [2.75, 3.05) is 47.5 Å². The molecule has 0 aliphatic rings. The lowest BCUT2D eigenvalue weighted by Gasteiger charge is -2.24. The van der Waals surface area contributed by atoms with E-state index in [0.29, 0.717) is 30.3 Å². The first kappa shape index (κ1) is 35.2. The maximum atomic E-state index is 12.7. The molecular formula is C44H81NO8P+. The Labute approximate surface area is 346 Å². The van der Waals surface area contributed by atoms with Crippen LogP contribution >= 0.6 is 7.82 Å². The molecular weight excluding hydrogens is 701 g/mol. The fourth-order valence-corrected chi connectivity index (χ4v) is 5.68. The summed E-state index contributed by atoms with van der Waals surface area (Å²) in [4.78, 5) is 35.4. The summed E-state index contributed by atoms with van der Waals surface area (Å²) in [5, 5.41) is 0. The van der Waals surface area contributed by atoms with E-state index in [2.05, 4.69) is 31.2 Å². The number of likely N-dealkylation sites (N-methyl/N-ethyl adjacent to an activating group) is 1. The number of phosphoric acid groups is 1. The van der Waals surface area contributed by atoms with E-state index in [4.69, 9.17) is 33.6 Å². The molecule has 0 aromatic heterocycles. The fourth-order valence-electron chi connectivity index (χ4n) is 4.93. The number of nitrogens with zero attached hydrogens (tertiary/aromatic N) is 1. The Kier molecular flexibility index (Phi) is 23.8. The van der Waals surface area contributed by atoms with Gasteiger partial charge >= 0.3 is 19.8 Å². The number of rotatable bonds is 38. The molecule has 0 rings (SSSR count). The van der Waals surface area contributed by atoms with E-state index in [-0.39, 0.29) is 32.5 Å². The highest BCUT2D eigenvalue weighted by Crippen LogP contribution is 2.43. The molecule has 0 aromatic carbocycles. The van der Waals surface area contributed by atoms with Crippen LogP contribution in [-0.2, 0) is 32.7 Å². The van der Waals surface area contributed by atoms with Crippen molar-refractivity contribution in [3.63, 3.8) is 0 Å². The van der Waals surface area contributed by atoms with Crippen LogP contribution in [0.25, 0.3) is 0 Å². The van der Waals surface area contributed by atoms with Crippen LogP contribution in [0, 0.1) is 0 Å². The molecule has 0 bridgehead atoms. The van der Waals surface area contributed by atoms with E-state index in [1.54, 1.807) is 6.08 Å². The Morgan fingerprint density at radius 2 is 1.24 bits per heavy atom. The van der Waals surface area contributed by atoms with Gasteiger partial charge in [0.05, 0.1) is 27.7 Å². The van der Waals surface area contributed by atoms with Gasteiger partial charge in [-0.1, -0.05) is 126 Å². The van der Waals surface area contributed by atoms with Gasteiger partial charge in [0.2, 0.25) is 0 Å². The van der Waals surface area contributed by atoms with Crippen molar-refractivity contribution in [1.82, 2.24) is 0 Å². The second-order valence-electron chi connectivity index (χ2n) is 14.3. The van der Waals surface area contributed by atoms with Crippen LogP contribution in [0.2, 0.25) is 0 Å². The molecule has 0 saturated heterocycles. The predicted molar refractivity (Wildman–Crippen MR) is 224 cm³/mol. The minimum atomic E-state index is -4.46. The quantitative estimate of drug-likeness (QED) is 0.0216. The van der Waals surface area contributed by atoms with Crippen molar-refractivity contribution < 1.29 is 57.1 Å². The monoisotopic (exact) mass is 794 g/mol. The average Bonchev–Trinajstić information content (AvgIpc) is 3.19. The third kappa shape index (κ3) is 39.7. The predicted octanol–water partition coefficient (Wildman–Crippen LogP) is 11.9. The van der Waals surface area contributed by atoms with Crippen molar-refractivity contribution in [2.24, 2.45) is 0 Å². The second kappa shape index (κ2) is 36.6. The maximum absolute atomic E-state index is 12.7. The van der Waals surface area contributed by atoms with Crippen LogP contribution in [0.4, 0.5) is 0 Å². The third-order valence-corrected chi connectivity index (χ3v) is 9.07. The first-order chi connectivity index (χ1) is 30.1. The summed E-state index contributed by atoms with van der Waals surface area (Å²) in [5.41, 5.74) is 0. The van der Waals surface area contributed by atoms with Gasteiger partial charge in [-0.15, -0.1) is 0 Å². The standard InChI is InChI=1S/C44H80NO8P/c1-6-8-10-12-14-16-18-20-22-24-26-28-30-32-34-36-43(46)50-40-42(41-52-54(48,49)51-39-38-45(3,4)5)53-44(47)37-35-33-31-29-27-25-23-21-19-17-15-13-11-9-7-2/h14-17,20-23,42H,6-13,18-19,24-41H2,1-5H3/p+1/b16-14-,17-15-,22-20-,23-21-/t42-/m1/s1/i1D3,6D2,8D2,10D2,12D2. The number of quaternary nitrogens is 1. The Hall–Kier alpha value is -2.03. The van der Waals surface area contributed by atoms with Crippen LogP contribution in [-0.4, -0.2) is 74.9 Å². The normalized spacial score (nSPS) is 18.4. The van der Waals surface area contributed by atoms with E-state index >= 15 is 0 Å². The van der Waals surface area contributed by atoms with Gasteiger partial charge in [0.1, 0.15) is 19.8 Å². The van der Waals surface area contributed by atoms with Gasteiger partial charge in [-0.05, 0) is 77.0 Å². The summed E-state index contributed by atoms with van der Waals surface area (Å²) >= 11 is 0. The minimum absolute atomic E-state index is 0.0335. The highest BCUT2D eigenvalue weighted by molar-refractivity contribution is 7.47. The summed E-state index contributed by atoms with van der Waals surface area (Å²) in [6.45, 7) is -1.73. The molecule has 0 aromatic rings. The Balaban J connectivity index is 4.72. The lowest BCUT2D eigenvalue weighted by molar-refractivity contribution is -0.870. The summed E-state index contributed by atoms with van der Waals surface area (Å²) in [7, 11) is 1.25. The van der Waals surface area contributed by atoms with Gasteiger partial charge in [-0.25, -0.2) is 4.57 Å². The van der Waals surface area contributed by atoms with Crippen LogP contribution in [0.15, 0.2) is 48.6 Å². The molecule has 0 amide bonds. The molecule has 2 atom stereocenters. The van der Waals surface area contributed by atoms with E-state index in [1.807, 2.05) is 27.2 Å². The molecule has 314 valence electrons. The Bertz CT molecular complexity index is 1500. The zero-order chi connectivity index (χ0) is 49.7. The first-order valence-electron chi connectivity index (χ1n) is 25.5. The van der Waals surface area contributed by atoms with E-state index < -0.39 is 64.8 Å². The molecule has 0 saturated carbocycles. The average molecular weight is 794 g/mol. The van der Waals surface area contributed by atoms with Crippen molar-refractivity contribution in [1.29, 1.82) is 0 Å². The molecule has 0 heterocycles. The second-order valence-corrected chi connectivity index (χ2v) is 15.8. The largest absolute Gasteiger partial charge is 0.472 e. The Morgan fingerprint density at radius 1 is 0.704 bits per heavy atom. The van der Waals surface area contributed by atoms with Gasteiger partial charge in [0.25, 0.3) is 0 Å². The molecule has 0 aliphatic heterocycles. The van der Waals surface area contributed by atoms with E-state index in [0.717, 1.165) is 76.7 Å². The fraction of sp³-hybridized carbons (Fsp3) is 0.773. The summed E-state index contributed by atoms with van der Waals surface area (Å²) in [6.07, 6.45) is 16.1. The lowest BCUT2D eigenvalue weighted by Crippen LogP contribution is -2.37. The number of allylic oxidation sites excluding steroid dienone is 8. The number of hydrogen-bond donors (Lipinski definition) is 1. The van der Waals surface area contributed by atoms with Crippen molar-refractivity contribution in [3.05, 3.63) is 48.6 Å². The number of carbonyl (C=O) groups is 2. The van der Waals surface area contributed by atoms with Gasteiger partial charge < -0.3 is 18.9 Å². The number of phosphoric ester groups is 1. The first-order valence-corrected chi connectivity index (χ1v) is 21.5. The van der Waals surface area contributed by atoms with Crippen molar-refractivity contribution in [3.8, 4) is 0 Å². The summed E-state index contributed by atoms with van der Waals surface area (Å²) < 4.78 is 119. The molecule has 1 unspecified atom stereocenters. The highest BCUT2D eigenvalue weighted by Gasteiger charge is 2.27. The van der Waals surface area contributed by atoms with E-state index in [1.165, 1.54) is 25.3 Å². The van der Waals surface area contributed by atoms with E-state index in [9.17, 15) is 19.0 Å². The molecule has 0 fully saturated rings. The zero-order valence-electron chi connectivity index (χ0n) is 44.9. The SMILES string of the molecule is [2H]C([2H])([2H])C([2H])([2H])C([2H])([2H])C([2H])([2H])C([2H])([2H])/C=C\C/C=C\CCCCCCCC(=O)OC[C@H](COP(=O)(O)OCC[N+](C)(C)C)OC(=O)CCCCCCC/C=C\C/C=C\CCCCC. The summed E-state index contributed by atoms with van der Waals surface area (Å²) in [5.74, 6) is -1.03. The molecule has 10 heteroatoms. The number of ether oxygens (including phenoxy) is 2. The van der Waals surface area contributed by atoms with Gasteiger partial charge in [-0.3, -0.25) is 18.6 Å². The molecule has 54 heavy (non-hydrogen) atoms. The lowest BCUT2D eigenvalue weighted by atomic mass is 10.1. The van der Waals surface area contributed by atoms with Crippen LogP contribution in [0.3, 0.4) is 0 Å². The molecule has 9 nitrogen and oxygen atoms in total. The van der Waals surface area contributed by atoms with Crippen molar-refractivity contribution in [2.45, 2.75) is 174 Å². The number of carbonyl (C=O) groups excluding carboxylic acids is 2. The number of esters is 2. The van der Waals surface area contributed by atoms with Gasteiger partial charge in [0, 0.05) is 27.9 Å². The van der Waals surface area contributed by atoms with Crippen LogP contribution in [0.1, 0.15) is 183 Å². The van der Waals surface area contributed by atoms with Crippen LogP contribution in [0.5, 0.6) is 0 Å². The molecule has 0 radical (unpaired) electrons. The highest BCUT2D eigenvalue weighted by atomic mass is 31.2. The molecule has 0 aliphatic carbocycles. The smallest absolute Gasteiger partial charge is 0.462 e. The number of hydrogen-bond acceptors (Lipinski definition) is 7. The minimum Gasteiger partial charge on any atom is -0.462 e. The van der Waals surface area contributed by atoms with Crippen LogP contribution < -0.4 is 0 Å². The third-order valence-electron chi connectivity index (χ3n) is 8.09.